The van der Waals surface area contributed by atoms with Crippen molar-refractivity contribution in [3.63, 3.8) is 0 Å². The predicted octanol–water partition coefficient (Wildman–Crippen LogP) is 9.44. The zero-order chi connectivity index (χ0) is 32.7. The summed E-state index contributed by atoms with van der Waals surface area (Å²) in [6.07, 6.45) is 4.64. The topological polar surface area (TPSA) is 51.8 Å². The molecule has 4 nitrogen and oxygen atoms in total. The van der Waals surface area contributed by atoms with Crippen LogP contribution in [0.2, 0.25) is 0 Å². The van der Waals surface area contributed by atoms with Gasteiger partial charge in [-0.3, -0.25) is 4.98 Å². The molecule has 42 heavy (non-hydrogen) atoms. The van der Waals surface area contributed by atoms with Crippen LogP contribution in [0.5, 0.6) is 0 Å². The average molecular weight is 731 g/mol. The minimum absolute atomic E-state index is 0. The molecule has 0 bridgehead atoms. The minimum atomic E-state index is -2.50. The van der Waals surface area contributed by atoms with E-state index in [1.807, 2.05) is 66.7 Å². The largest absolute Gasteiger partial charge is 0.500 e. The third-order valence-electron chi connectivity index (χ3n) is 6.53. The number of fused-ring (bicyclic) bond motifs is 5. The van der Waals surface area contributed by atoms with E-state index in [2.05, 4.69) is 27.1 Å². The molecule has 0 N–H and O–H groups in total. The Morgan fingerprint density at radius 2 is 1.67 bits per heavy atom. The van der Waals surface area contributed by atoms with Gasteiger partial charge in [-0.05, 0) is 47.7 Å². The minimum Gasteiger partial charge on any atom is -0.500 e. The van der Waals surface area contributed by atoms with Crippen molar-refractivity contribution in [2.75, 3.05) is 0 Å². The van der Waals surface area contributed by atoms with Crippen LogP contribution in [-0.2, 0) is 26.5 Å². The Hall–Kier alpha value is -4.18. The summed E-state index contributed by atoms with van der Waals surface area (Å²) in [6, 6.07) is 31.1. The van der Waals surface area contributed by atoms with Gasteiger partial charge in [0.05, 0.1) is 5.58 Å². The van der Waals surface area contributed by atoms with E-state index in [0.717, 1.165) is 38.4 Å². The molecule has 5 heteroatoms. The van der Waals surface area contributed by atoms with E-state index in [-0.39, 0.29) is 31.2 Å². The second kappa shape index (κ2) is 12.4. The maximum Gasteiger partial charge on any atom is 0.128 e. The standard InChI is InChI=1S/C26H23N2O.C11H8N.Ir/c1-16-14-28-23(12-18(16)13-26(2,3)4)22-7-5-6-20-21-9-8-17-15-27-11-10-19(17)24(21)29-25(20)22;1-2-6-10(7-3-1)11-8-4-5-9-12-11;/h5-6,8-12,14-15H,13H2,1-4H3;1-6,8-9H;/q2*-1;/i1D3,13D2;;. The summed E-state index contributed by atoms with van der Waals surface area (Å²) < 4.78 is 47.8. The summed E-state index contributed by atoms with van der Waals surface area (Å²) in [5, 5.41) is 3.71. The molecule has 0 spiro atoms. The molecule has 3 aromatic carbocycles. The third kappa shape index (κ3) is 6.18. The molecule has 211 valence electrons. The van der Waals surface area contributed by atoms with Gasteiger partial charge in [0.25, 0.3) is 0 Å². The Labute approximate surface area is 267 Å². The Bertz CT molecular complexity index is 2120. The normalized spacial score (nSPS) is 13.6. The van der Waals surface area contributed by atoms with Crippen LogP contribution in [0.3, 0.4) is 0 Å². The van der Waals surface area contributed by atoms with Crippen LogP contribution >= 0.6 is 0 Å². The van der Waals surface area contributed by atoms with Crippen molar-refractivity contribution in [2.45, 2.75) is 34.0 Å². The van der Waals surface area contributed by atoms with E-state index in [9.17, 15) is 0 Å². The summed E-state index contributed by atoms with van der Waals surface area (Å²) in [6.45, 7) is 2.76. The van der Waals surface area contributed by atoms with Gasteiger partial charge in [-0.15, -0.1) is 54.1 Å². The van der Waals surface area contributed by atoms with Crippen LogP contribution in [0.4, 0.5) is 0 Å². The number of rotatable bonds is 3. The summed E-state index contributed by atoms with van der Waals surface area (Å²) in [4.78, 5) is 12.8. The SMILES string of the molecule is [2H]C([2H])([2H])c1cnc(-c2[c-]ccc3c2oc2c4ccncc4ccc32)cc1C([2H])([2H])C(C)(C)C.[Ir].[c-]1ccccc1-c1ccccn1. The molecule has 0 atom stereocenters. The third-order valence-corrected chi connectivity index (χ3v) is 6.53. The molecular formula is C37H31IrN3O-2. The van der Waals surface area contributed by atoms with Gasteiger partial charge in [-0.1, -0.05) is 67.6 Å². The molecule has 0 aliphatic rings. The predicted molar refractivity (Wildman–Crippen MR) is 167 cm³/mol. The first kappa shape index (κ1) is 23.4. The second-order valence-electron chi connectivity index (χ2n) is 10.7. The van der Waals surface area contributed by atoms with Crippen molar-refractivity contribution in [2.24, 2.45) is 5.41 Å². The summed E-state index contributed by atoms with van der Waals surface area (Å²) >= 11 is 0. The van der Waals surface area contributed by atoms with E-state index in [4.69, 9.17) is 11.3 Å². The van der Waals surface area contributed by atoms with E-state index >= 15 is 0 Å². The van der Waals surface area contributed by atoms with Crippen molar-refractivity contribution in [1.82, 2.24) is 15.0 Å². The van der Waals surface area contributed by atoms with Gasteiger partial charge >= 0.3 is 0 Å². The fourth-order valence-electron chi connectivity index (χ4n) is 4.73. The van der Waals surface area contributed by atoms with Crippen LogP contribution in [0, 0.1) is 24.4 Å². The van der Waals surface area contributed by atoms with Gasteiger partial charge in [0.1, 0.15) is 5.58 Å². The number of nitrogens with zero attached hydrogens (tertiary/aromatic N) is 3. The van der Waals surface area contributed by atoms with E-state index in [1.165, 1.54) is 12.3 Å². The summed E-state index contributed by atoms with van der Waals surface area (Å²) in [7, 11) is 0. The van der Waals surface area contributed by atoms with Crippen LogP contribution in [-0.4, -0.2) is 15.0 Å². The second-order valence-corrected chi connectivity index (χ2v) is 10.7. The molecule has 7 aromatic rings. The molecular weight excluding hydrogens is 695 g/mol. The Balaban J connectivity index is 0.000000280. The molecule has 0 fully saturated rings. The Kier molecular flexibility index (Phi) is 6.88. The molecule has 4 aromatic heterocycles. The quantitative estimate of drug-likeness (QED) is 0.170. The molecule has 1 radical (unpaired) electrons. The monoisotopic (exact) mass is 731 g/mol. The number of aromatic nitrogens is 3. The Morgan fingerprint density at radius 3 is 2.43 bits per heavy atom. The fourth-order valence-corrected chi connectivity index (χ4v) is 4.73. The fraction of sp³-hybridized carbons (Fsp3) is 0.162. The van der Waals surface area contributed by atoms with Crippen molar-refractivity contribution in [3.05, 3.63) is 127 Å². The molecule has 0 unspecified atom stereocenters. The first-order valence-corrected chi connectivity index (χ1v) is 13.4. The average Bonchev–Trinajstić information content (AvgIpc) is 3.44. The number of hydrogen-bond acceptors (Lipinski definition) is 4. The molecule has 4 heterocycles. The molecule has 0 amide bonds. The van der Waals surface area contributed by atoms with Crippen LogP contribution in [0.15, 0.2) is 108 Å². The molecule has 0 saturated heterocycles. The number of furan rings is 1. The zero-order valence-electron chi connectivity index (χ0n) is 28.4. The molecule has 7 rings (SSSR count). The first-order valence-electron chi connectivity index (χ1n) is 15.9. The van der Waals surface area contributed by atoms with E-state index < -0.39 is 18.6 Å². The van der Waals surface area contributed by atoms with Crippen LogP contribution in [0.1, 0.15) is 38.8 Å². The molecule has 0 saturated carbocycles. The number of aryl methyl sites for hydroxylation is 1. The van der Waals surface area contributed by atoms with Gasteiger partial charge in [0.2, 0.25) is 0 Å². The van der Waals surface area contributed by atoms with Crippen molar-refractivity contribution < 1.29 is 31.4 Å². The van der Waals surface area contributed by atoms with E-state index in [0.29, 0.717) is 16.8 Å². The Morgan fingerprint density at radius 1 is 0.810 bits per heavy atom. The zero-order valence-corrected chi connectivity index (χ0v) is 25.8. The maximum absolute atomic E-state index is 8.79. The van der Waals surface area contributed by atoms with E-state index in [1.54, 1.807) is 45.4 Å². The van der Waals surface area contributed by atoms with Crippen molar-refractivity contribution >= 4 is 32.7 Å². The van der Waals surface area contributed by atoms with Gasteiger partial charge in [0.15, 0.2) is 0 Å². The van der Waals surface area contributed by atoms with Gasteiger partial charge < -0.3 is 14.4 Å². The number of benzene rings is 3. The van der Waals surface area contributed by atoms with Gasteiger partial charge in [0, 0.05) is 67.9 Å². The smallest absolute Gasteiger partial charge is 0.128 e. The van der Waals surface area contributed by atoms with Crippen molar-refractivity contribution in [3.8, 4) is 22.5 Å². The van der Waals surface area contributed by atoms with Crippen LogP contribution in [0.25, 0.3) is 55.2 Å². The van der Waals surface area contributed by atoms with Crippen molar-refractivity contribution in [1.29, 1.82) is 0 Å². The number of hydrogen-bond donors (Lipinski definition) is 0. The van der Waals surface area contributed by atoms with Crippen LogP contribution < -0.4 is 0 Å². The molecule has 0 aliphatic carbocycles. The number of pyridine rings is 3. The van der Waals surface area contributed by atoms with Gasteiger partial charge in [-0.2, -0.15) is 0 Å². The molecule has 0 aliphatic heterocycles. The maximum atomic E-state index is 8.79. The summed E-state index contributed by atoms with van der Waals surface area (Å²) in [5.41, 5.74) is 3.43. The van der Waals surface area contributed by atoms with Gasteiger partial charge in [-0.25, -0.2) is 0 Å². The first-order chi connectivity index (χ1) is 21.9. The summed E-state index contributed by atoms with van der Waals surface area (Å²) in [5.74, 6) is 0.